The lowest BCUT2D eigenvalue weighted by molar-refractivity contribution is 0.0705. The zero-order chi connectivity index (χ0) is 24.2. The number of nitrogens with zero attached hydrogens (tertiary/aromatic N) is 4. The molecule has 1 saturated heterocycles. The van der Waals surface area contributed by atoms with Crippen molar-refractivity contribution in [2.24, 2.45) is 13.0 Å². The topological polar surface area (TPSA) is 95.3 Å². The summed E-state index contributed by atoms with van der Waals surface area (Å²) in [5.41, 5.74) is 6.06. The van der Waals surface area contributed by atoms with Crippen molar-refractivity contribution in [2.75, 3.05) is 24.5 Å². The lowest BCUT2D eigenvalue weighted by Gasteiger charge is -2.32. The normalized spacial score (nSPS) is 15.0. The van der Waals surface area contributed by atoms with E-state index in [1.807, 2.05) is 27.7 Å². The van der Waals surface area contributed by atoms with Gasteiger partial charge in [-0.3, -0.25) is 10.0 Å². The first-order valence-corrected chi connectivity index (χ1v) is 12.2. The van der Waals surface area contributed by atoms with E-state index in [4.69, 9.17) is 5.21 Å². The highest BCUT2D eigenvalue weighted by atomic mass is 16.5. The zero-order valence-corrected chi connectivity index (χ0v) is 20.8. The van der Waals surface area contributed by atoms with E-state index in [0.717, 1.165) is 51.9 Å². The third-order valence-corrected chi connectivity index (χ3v) is 5.91. The minimum atomic E-state index is -0.600. The molecule has 0 saturated carbocycles. The van der Waals surface area contributed by atoms with Crippen LogP contribution in [-0.4, -0.2) is 45.3 Å². The van der Waals surface area contributed by atoms with Crippen molar-refractivity contribution in [1.82, 2.24) is 25.3 Å². The van der Waals surface area contributed by atoms with Gasteiger partial charge in [0.05, 0.1) is 5.56 Å². The Morgan fingerprint density at radius 1 is 1.15 bits per heavy atom. The van der Waals surface area contributed by atoms with Crippen molar-refractivity contribution in [3.05, 3.63) is 47.1 Å². The smallest absolute Gasteiger partial charge is 0.277 e. The van der Waals surface area contributed by atoms with Crippen LogP contribution in [0.1, 0.15) is 74.1 Å². The van der Waals surface area contributed by atoms with Gasteiger partial charge in [0.2, 0.25) is 5.95 Å². The minimum absolute atomic E-state index is 0.244. The molecule has 2 aromatic heterocycles. The molecule has 33 heavy (non-hydrogen) atoms. The van der Waals surface area contributed by atoms with Gasteiger partial charge in [0, 0.05) is 51.0 Å². The number of nitrogens with one attached hydrogen (secondary N) is 2. The van der Waals surface area contributed by atoms with Crippen LogP contribution in [0.2, 0.25) is 0 Å². The fourth-order valence-corrected chi connectivity index (χ4v) is 4.25. The number of carbonyl (C=O) groups excluding carboxylic acids is 1. The molecule has 4 rings (SSSR count). The van der Waals surface area contributed by atoms with Crippen LogP contribution in [0.3, 0.4) is 0 Å². The van der Waals surface area contributed by atoms with Gasteiger partial charge in [0.25, 0.3) is 5.91 Å². The summed E-state index contributed by atoms with van der Waals surface area (Å²) in [5, 5.41) is 12.3. The molecule has 8 heteroatoms. The predicted octanol–water partition coefficient (Wildman–Crippen LogP) is 3.95. The summed E-state index contributed by atoms with van der Waals surface area (Å²) in [5.74, 6) is 0.672. The second-order valence-corrected chi connectivity index (χ2v) is 7.84. The van der Waals surface area contributed by atoms with E-state index in [0.29, 0.717) is 11.9 Å². The van der Waals surface area contributed by atoms with Gasteiger partial charge in [-0.05, 0) is 49.3 Å². The lowest BCUT2D eigenvalue weighted by Crippen LogP contribution is -2.38. The molecule has 0 unspecified atom stereocenters. The van der Waals surface area contributed by atoms with E-state index in [1.54, 1.807) is 5.48 Å². The van der Waals surface area contributed by atoms with E-state index >= 15 is 0 Å². The van der Waals surface area contributed by atoms with Gasteiger partial charge in [-0.25, -0.2) is 15.4 Å². The highest BCUT2D eigenvalue weighted by molar-refractivity contribution is 5.92. The van der Waals surface area contributed by atoms with Gasteiger partial charge in [0.15, 0.2) is 0 Å². The first kappa shape index (κ1) is 26.5. The number of aromatic nitrogens is 3. The molecule has 0 aromatic carbocycles. The molecule has 1 fully saturated rings. The van der Waals surface area contributed by atoms with E-state index < -0.39 is 5.91 Å². The molecule has 3 N–H and O–H groups in total. The number of anilines is 1. The molecule has 0 atom stereocenters. The van der Waals surface area contributed by atoms with Crippen LogP contribution in [0, 0.1) is 5.92 Å². The van der Waals surface area contributed by atoms with E-state index in [1.165, 1.54) is 29.2 Å². The molecular weight excluding hydrogens is 416 g/mol. The molecule has 1 amide bonds. The predicted molar refractivity (Wildman–Crippen MR) is 133 cm³/mol. The first-order valence-electron chi connectivity index (χ1n) is 12.2. The summed E-state index contributed by atoms with van der Waals surface area (Å²) >= 11 is 0. The fourth-order valence-electron chi connectivity index (χ4n) is 4.25. The monoisotopic (exact) mass is 456 g/mol. The fraction of sp³-hybridized carbons (Fsp3) is 0.560. The molecule has 8 nitrogen and oxygen atoms in total. The molecule has 0 radical (unpaired) electrons. The third-order valence-electron chi connectivity index (χ3n) is 5.91. The van der Waals surface area contributed by atoms with Crippen molar-refractivity contribution in [1.29, 1.82) is 0 Å². The summed E-state index contributed by atoms with van der Waals surface area (Å²) < 4.78 is 2.27. The number of hydrogen-bond donors (Lipinski definition) is 3. The number of fused-ring (bicyclic) bond motifs is 1. The van der Waals surface area contributed by atoms with Crippen LogP contribution in [0.4, 0.5) is 5.95 Å². The van der Waals surface area contributed by atoms with Gasteiger partial charge in [-0.2, -0.15) is 0 Å². The summed E-state index contributed by atoms with van der Waals surface area (Å²) in [6, 6.07) is 0. The third kappa shape index (κ3) is 6.88. The summed E-state index contributed by atoms with van der Waals surface area (Å²) in [4.78, 5) is 22.0. The average Bonchev–Trinajstić information content (AvgIpc) is 3.22. The quantitative estimate of drug-likeness (QED) is 0.450. The van der Waals surface area contributed by atoms with Gasteiger partial charge in [-0.15, -0.1) is 0 Å². The molecule has 3 heterocycles. The van der Waals surface area contributed by atoms with E-state index in [2.05, 4.69) is 50.1 Å². The Labute approximate surface area is 198 Å². The Balaban J connectivity index is 0.000000914. The number of aryl methyl sites for hydroxylation is 1. The van der Waals surface area contributed by atoms with E-state index in [9.17, 15) is 4.79 Å². The van der Waals surface area contributed by atoms with Crippen LogP contribution in [0.25, 0.3) is 6.08 Å². The number of hydrogen-bond acceptors (Lipinski definition) is 6. The maximum atomic E-state index is 11.4. The summed E-state index contributed by atoms with van der Waals surface area (Å²) in [6.45, 7) is 11.7. The molecule has 1 aliphatic carbocycles. The zero-order valence-electron chi connectivity index (χ0n) is 20.8. The minimum Gasteiger partial charge on any atom is -0.354 e. The van der Waals surface area contributed by atoms with Gasteiger partial charge in [-0.1, -0.05) is 39.8 Å². The van der Waals surface area contributed by atoms with Crippen molar-refractivity contribution >= 4 is 17.9 Å². The van der Waals surface area contributed by atoms with Gasteiger partial charge in [0.1, 0.15) is 0 Å². The number of hydroxylamine groups is 1. The molecular formula is C25H40N6O2. The highest BCUT2D eigenvalue weighted by Gasteiger charge is 2.21. The first-order chi connectivity index (χ1) is 16.2. The molecule has 0 spiro atoms. The molecule has 1 aliphatic heterocycles. The Bertz CT molecular complexity index is 883. The molecule has 2 aromatic rings. The standard InChI is InChI=1S/C21H28N6O2.2C2H6/c1-26-14-17(18-4-2-3-5-19(18)26)11-22-10-15-6-8-27(9-7-15)21-23-12-16(13-24-21)20(28)25-29;2*1-2/h2,4,12-15,22,29H,3,5-11H2,1H3,(H,25,28);2*1-2H3. The maximum Gasteiger partial charge on any atom is 0.277 e. The molecule has 182 valence electrons. The summed E-state index contributed by atoms with van der Waals surface area (Å²) in [7, 11) is 2.14. The Morgan fingerprint density at radius 2 is 1.82 bits per heavy atom. The molecule has 2 aliphatic rings. The van der Waals surface area contributed by atoms with Crippen molar-refractivity contribution in [3.63, 3.8) is 0 Å². The number of amides is 1. The Kier molecular flexibility index (Phi) is 11.1. The van der Waals surface area contributed by atoms with Gasteiger partial charge < -0.3 is 14.8 Å². The highest BCUT2D eigenvalue weighted by Crippen LogP contribution is 2.25. The van der Waals surface area contributed by atoms with Crippen LogP contribution in [-0.2, 0) is 20.0 Å². The van der Waals surface area contributed by atoms with Crippen LogP contribution < -0.4 is 15.7 Å². The number of piperidine rings is 1. The van der Waals surface area contributed by atoms with Crippen molar-refractivity contribution < 1.29 is 10.0 Å². The van der Waals surface area contributed by atoms with Crippen LogP contribution in [0.15, 0.2) is 24.7 Å². The lowest BCUT2D eigenvalue weighted by atomic mass is 9.96. The van der Waals surface area contributed by atoms with Crippen molar-refractivity contribution in [3.8, 4) is 0 Å². The van der Waals surface area contributed by atoms with Crippen molar-refractivity contribution in [2.45, 2.75) is 59.9 Å². The van der Waals surface area contributed by atoms with Crippen LogP contribution >= 0.6 is 0 Å². The number of rotatable bonds is 6. The van der Waals surface area contributed by atoms with Gasteiger partial charge >= 0.3 is 0 Å². The number of carbonyl (C=O) groups is 1. The maximum absolute atomic E-state index is 11.4. The second kappa shape index (κ2) is 13.7. The second-order valence-electron chi connectivity index (χ2n) is 7.84. The van der Waals surface area contributed by atoms with Crippen LogP contribution in [0.5, 0.6) is 0 Å². The average molecular weight is 457 g/mol. The summed E-state index contributed by atoms with van der Waals surface area (Å²) in [6.07, 6.45) is 14.1. The Hall–Kier alpha value is -2.71. The number of allylic oxidation sites excluding steroid dienone is 1. The Morgan fingerprint density at radius 3 is 2.45 bits per heavy atom. The molecule has 0 bridgehead atoms. The SMILES string of the molecule is CC.CC.Cn1cc(CNCC2CCN(c3ncc(C(=O)NO)cn3)CC2)c2c1CCC=C2. The van der Waals surface area contributed by atoms with E-state index in [-0.39, 0.29) is 5.56 Å². The largest absolute Gasteiger partial charge is 0.354 e.